The fourth-order valence-corrected chi connectivity index (χ4v) is 3.36. The first kappa shape index (κ1) is 14.4. The van der Waals surface area contributed by atoms with E-state index in [2.05, 4.69) is 22.0 Å². The van der Waals surface area contributed by atoms with Crippen molar-refractivity contribution in [3.05, 3.63) is 28.2 Å². The first-order valence-electron chi connectivity index (χ1n) is 6.56. The van der Waals surface area contributed by atoms with Gasteiger partial charge in [-0.05, 0) is 46.5 Å². The zero-order valence-electron chi connectivity index (χ0n) is 11.0. The van der Waals surface area contributed by atoms with Crippen LogP contribution in [0, 0.1) is 16.7 Å². The molecule has 0 aliphatic heterocycles. The van der Waals surface area contributed by atoms with Gasteiger partial charge >= 0.3 is 0 Å². The molecule has 1 fully saturated rings. The van der Waals surface area contributed by atoms with Crippen LogP contribution >= 0.6 is 15.9 Å². The van der Waals surface area contributed by atoms with E-state index in [1.807, 2.05) is 18.2 Å². The van der Waals surface area contributed by atoms with Crippen LogP contribution in [-0.2, 0) is 0 Å². The normalized spacial score (nSPS) is 19.5. The first-order chi connectivity index (χ1) is 9.13. The van der Waals surface area contributed by atoms with Gasteiger partial charge in [0.05, 0.1) is 29.2 Å². The lowest BCUT2D eigenvalue weighted by molar-refractivity contribution is 0.0359. The maximum Gasteiger partial charge on any atom is 0.133 e. The summed E-state index contributed by atoms with van der Waals surface area (Å²) in [5, 5.41) is 20.1. The third-order valence-corrected chi connectivity index (χ3v) is 4.60. The largest absolute Gasteiger partial charge is 0.496 e. The van der Waals surface area contributed by atoms with E-state index < -0.39 is 11.5 Å². The average Bonchev–Trinajstić information content (AvgIpc) is 2.47. The van der Waals surface area contributed by atoms with Gasteiger partial charge in [0.2, 0.25) is 0 Å². The Bertz CT molecular complexity index is 489. The number of benzene rings is 1. The molecule has 19 heavy (non-hydrogen) atoms. The Morgan fingerprint density at radius 1 is 1.37 bits per heavy atom. The minimum absolute atomic E-state index is 0.633. The molecule has 1 atom stereocenters. The molecule has 102 valence electrons. The summed E-state index contributed by atoms with van der Waals surface area (Å²) in [7, 11) is 1.61. The van der Waals surface area contributed by atoms with E-state index in [1.165, 1.54) is 0 Å². The molecule has 0 aromatic heterocycles. The molecule has 1 aliphatic rings. The predicted octanol–water partition coefficient (Wildman–Crippen LogP) is 3.97. The monoisotopic (exact) mass is 323 g/mol. The molecule has 1 aliphatic carbocycles. The van der Waals surface area contributed by atoms with E-state index in [0.29, 0.717) is 0 Å². The van der Waals surface area contributed by atoms with Gasteiger partial charge in [-0.15, -0.1) is 0 Å². The molecule has 3 nitrogen and oxygen atoms in total. The summed E-state index contributed by atoms with van der Waals surface area (Å²) in [4.78, 5) is 0. The van der Waals surface area contributed by atoms with Crippen LogP contribution in [0.2, 0.25) is 0 Å². The van der Waals surface area contributed by atoms with Crippen molar-refractivity contribution in [3.8, 4) is 11.8 Å². The van der Waals surface area contributed by atoms with Crippen molar-refractivity contribution in [3.63, 3.8) is 0 Å². The zero-order valence-corrected chi connectivity index (χ0v) is 12.6. The molecule has 1 N–H and O–H groups in total. The van der Waals surface area contributed by atoms with Gasteiger partial charge in [0.25, 0.3) is 0 Å². The van der Waals surface area contributed by atoms with Crippen LogP contribution in [0.25, 0.3) is 0 Å². The summed E-state index contributed by atoms with van der Waals surface area (Å²) in [6, 6.07) is 7.86. The second kappa shape index (κ2) is 5.94. The summed E-state index contributed by atoms with van der Waals surface area (Å²) in [6.45, 7) is 0. The maximum atomic E-state index is 10.6. The molecule has 0 amide bonds. The second-order valence-electron chi connectivity index (χ2n) is 5.13. The topological polar surface area (TPSA) is 53.2 Å². The number of nitrogens with zero attached hydrogens (tertiary/aromatic N) is 1. The molecular formula is C15H18BrNO2. The van der Waals surface area contributed by atoms with Gasteiger partial charge in [0, 0.05) is 0 Å². The maximum absolute atomic E-state index is 10.6. The fourth-order valence-electron chi connectivity index (χ4n) is 2.80. The lowest BCUT2D eigenvalue weighted by atomic mass is 9.69. The minimum Gasteiger partial charge on any atom is -0.496 e. The van der Waals surface area contributed by atoms with Crippen LogP contribution in [0.3, 0.4) is 0 Å². The molecule has 0 bridgehead atoms. The van der Waals surface area contributed by atoms with Gasteiger partial charge in [-0.1, -0.05) is 25.3 Å². The molecule has 1 aromatic carbocycles. The number of hydrogen-bond donors (Lipinski definition) is 1. The van der Waals surface area contributed by atoms with Crippen molar-refractivity contribution in [2.75, 3.05) is 7.11 Å². The fraction of sp³-hybridized carbons (Fsp3) is 0.533. The zero-order chi connectivity index (χ0) is 13.9. The molecule has 0 saturated heterocycles. The van der Waals surface area contributed by atoms with Gasteiger partial charge < -0.3 is 9.84 Å². The van der Waals surface area contributed by atoms with E-state index in [4.69, 9.17) is 4.74 Å². The summed E-state index contributed by atoms with van der Waals surface area (Å²) in [5.74, 6) is 0.727. The molecule has 2 rings (SSSR count). The van der Waals surface area contributed by atoms with Crippen molar-refractivity contribution in [2.24, 2.45) is 5.41 Å². The van der Waals surface area contributed by atoms with Crippen molar-refractivity contribution in [2.45, 2.75) is 38.2 Å². The number of ether oxygens (including phenoxy) is 1. The Hall–Kier alpha value is -1.05. The van der Waals surface area contributed by atoms with Crippen molar-refractivity contribution in [1.82, 2.24) is 0 Å². The van der Waals surface area contributed by atoms with E-state index >= 15 is 0 Å². The molecule has 0 spiro atoms. The SMILES string of the molecule is COc1ccc(C(O)C2(C#N)CCCCC2)cc1Br. The highest BCUT2D eigenvalue weighted by molar-refractivity contribution is 9.10. The highest BCUT2D eigenvalue weighted by Crippen LogP contribution is 2.46. The Labute approximate surface area is 122 Å². The molecule has 1 aromatic rings. The quantitative estimate of drug-likeness (QED) is 0.915. The van der Waals surface area contributed by atoms with Crippen molar-refractivity contribution in [1.29, 1.82) is 5.26 Å². The molecule has 4 heteroatoms. The van der Waals surface area contributed by atoms with Crippen molar-refractivity contribution >= 4 is 15.9 Å². The predicted molar refractivity (Wildman–Crippen MR) is 76.8 cm³/mol. The van der Waals surface area contributed by atoms with Crippen LogP contribution in [0.4, 0.5) is 0 Å². The number of methoxy groups -OCH3 is 1. The summed E-state index contributed by atoms with van der Waals surface area (Å²) in [6.07, 6.45) is 4.00. The summed E-state index contributed by atoms with van der Waals surface area (Å²) >= 11 is 3.42. The highest BCUT2D eigenvalue weighted by atomic mass is 79.9. The number of aliphatic hydroxyl groups is 1. The molecule has 0 radical (unpaired) electrons. The Kier molecular flexibility index (Phi) is 4.49. The first-order valence-corrected chi connectivity index (χ1v) is 7.35. The van der Waals surface area contributed by atoms with E-state index in [1.54, 1.807) is 7.11 Å². The Morgan fingerprint density at radius 2 is 2.05 bits per heavy atom. The summed E-state index contributed by atoms with van der Waals surface area (Å²) in [5.41, 5.74) is 0.142. The third kappa shape index (κ3) is 2.77. The lowest BCUT2D eigenvalue weighted by Crippen LogP contribution is -2.30. The van der Waals surface area contributed by atoms with Crippen molar-refractivity contribution < 1.29 is 9.84 Å². The number of hydrogen-bond acceptors (Lipinski definition) is 3. The number of halogens is 1. The smallest absolute Gasteiger partial charge is 0.133 e. The lowest BCUT2D eigenvalue weighted by Gasteiger charge is -2.35. The van der Waals surface area contributed by atoms with E-state index in [-0.39, 0.29) is 0 Å². The van der Waals surface area contributed by atoms with Gasteiger partial charge in [0.15, 0.2) is 0 Å². The van der Waals surface area contributed by atoms with Crippen LogP contribution in [0.1, 0.15) is 43.8 Å². The molecule has 1 unspecified atom stereocenters. The van der Waals surface area contributed by atoms with Crippen LogP contribution in [0.15, 0.2) is 22.7 Å². The van der Waals surface area contributed by atoms with Gasteiger partial charge in [0.1, 0.15) is 5.75 Å². The van der Waals surface area contributed by atoms with Crippen LogP contribution < -0.4 is 4.74 Å². The highest BCUT2D eigenvalue weighted by Gasteiger charge is 2.40. The van der Waals surface area contributed by atoms with Crippen LogP contribution in [-0.4, -0.2) is 12.2 Å². The Morgan fingerprint density at radius 3 is 2.58 bits per heavy atom. The average molecular weight is 324 g/mol. The molecular weight excluding hydrogens is 306 g/mol. The minimum atomic E-state index is -0.736. The molecule has 1 saturated carbocycles. The number of rotatable bonds is 3. The summed E-state index contributed by atoms with van der Waals surface area (Å²) < 4.78 is 5.98. The van der Waals surface area contributed by atoms with E-state index in [0.717, 1.165) is 47.9 Å². The van der Waals surface area contributed by atoms with Gasteiger partial charge in [-0.3, -0.25) is 0 Å². The van der Waals surface area contributed by atoms with Gasteiger partial charge in [-0.2, -0.15) is 5.26 Å². The van der Waals surface area contributed by atoms with E-state index in [9.17, 15) is 10.4 Å². The standard InChI is InChI=1S/C15H18BrNO2/c1-19-13-6-5-11(9-12(13)16)14(18)15(10-17)7-3-2-4-8-15/h5-6,9,14,18H,2-4,7-8H2,1H3. The third-order valence-electron chi connectivity index (χ3n) is 3.98. The number of nitriles is 1. The second-order valence-corrected chi connectivity index (χ2v) is 5.98. The number of aliphatic hydroxyl groups excluding tert-OH is 1. The van der Waals surface area contributed by atoms with Gasteiger partial charge in [-0.25, -0.2) is 0 Å². The Balaban J connectivity index is 2.30. The molecule has 0 heterocycles. The van der Waals surface area contributed by atoms with Crippen LogP contribution in [0.5, 0.6) is 5.75 Å².